The van der Waals surface area contributed by atoms with E-state index >= 15 is 0 Å². The van der Waals surface area contributed by atoms with E-state index in [1.54, 1.807) is 0 Å². The van der Waals surface area contributed by atoms with Crippen molar-refractivity contribution in [3.63, 3.8) is 0 Å². The molecule has 0 unspecified atom stereocenters. The monoisotopic (exact) mass is 154 g/mol. The summed E-state index contributed by atoms with van der Waals surface area (Å²) in [6.45, 7) is 0. The predicted molar refractivity (Wildman–Crippen MR) is 30.2 cm³/mol. The van der Waals surface area contributed by atoms with Crippen LogP contribution >= 0.6 is 11.5 Å². The van der Waals surface area contributed by atoms with Crippen LogP contribution in [0.2, 0.25) is 0 Å². The van der Waals surface area contributed by atoms with Crippen LogP contribution in [0.3, 0.4) is 0 Å². The lowest BCUT2D eigenvalue weighted by molar-refractivity contribution is -0.273. The minimum absolute atomic E-state index is 0.194. The van der Waals surface area contributed by atoms with E-state index in [-0.39, 0.29) is 5.52 Å². The van der Waals surface area contributed by atoms with Gasteiger partial charge < -0.3 is 5.11 Å². The van der Waals surface area contributed by atoms with Gasteiger partial charge in [-0.3, -0.25) is 0 Å². The van der Waals surface area contributed by atoms with Crippen LogP contribution < -0.4 is 5.11 Å². The molecule has 0 atom stereocenters. The normalized spacial score (nSPS) is 10.4. The highest BCUT2D eigenvalue weighted by atomic mass is 32.1. The Labute approximate surface area is 58.7 Å². The van der Waals surface area contributed by atoms with Crippen LogP contribution in [0.5, 0.6) is 5.88 Å². The van der Waals surface area contributed by atoms with E-state index in [1.807, 2.05) is 0 Å². The summed E-state index contributed by atoms with van der Waals surface area (Å²) in [5.41, 5.74) is 0.194. The Kier molecular flexibility index (Phi) is 0.978. The molecule has 0 radical (unpaired) electrons. The highest BCUT2D eigenvalue weighted by Gasteiger charge is 1.99. The largest absolute Gasteiger partial charge is 0.856 e. The minimum Gasteiger partial charge on any atom is -0.856 e. The van der Waals surface area contributed by atoms with E-state index < -0.39 is 5.88 Å². The Bertz CT molecular complexity index is 358. The molecule has 2 aromatic heterocycles. The zero-order valence-corrected chi connectivity index (χ0v) is 5.37. The molecular weight excluding hydrogens is 154 g/mol. The molecule has 0 spiro atoms. The standard InChI is InChI=1S/C3HN5OS/c9-2-1-3(6-7-5-2)10-8-4-1/h(H,5,6,9)/p-1. The van der Waals surface area contributed by atoms with E-state index in [0.717, 1.165) is 11.5 Å². The second-order valence-corrected chi connectivity index (χ2v) is 2.25. The average Bonchev–Trinajstić information content (AvgIpc) is 2.36. The van der Waals surface area contributed by atoms with Crippen molar-refractivity contribution in [1.29, 1.82) is 0 Å². The van der Waals surface area contributed by atoms with Gasteiger partial charge in [-0.15, -0.1) is 15.3 Å². The minimum atomic E-state index is -0.473. The predicted octanol–water partition coefficient (Wildman–Crippen LogP) is -1.05. The lowest BCUT2D eigenvalue weighted by Gasteiger charge is -1.97. The topological polar surface area (TPSA) is 87.5 Å². The van der Waals surface area contributed by atoms with Crippen LogP contribution in [-0.2, 0) is 0 Å². The summed E-state index contributed by atoms with van der Waals surface area (Å²) in [5, 5.41) is 24.1. The van der Waals surface area contributed by atoms with Crippen molar-refractivity contribution in [1.82, 2.24) is 25.0 Å². The first-order valence-electron chi connectivity index (χ1n) is 2.36. The molecule has 50 valence electrons. The third kappa shape index (κ3) is 0.605. The molecule has 0 N–H and O–H groups in total. The van der Waals surface area contributed by atoms with Crippen LogP contribution in [0.1, 0.15) is 0 Å². The van der Waals surface area contributed by atoms with Gasteiger partial charge in [0.1, 0.15) is 5.52 Å². The lowest BCUT2D eigenvalue weighted by Crippen LogP contribution is -1.98. The highest BCUT2D eigenvalue weighted by molar-refractivity contribution is 7.12. The van der Waals surface area contributed by atoms with Crippen LogP contribution in [0.4, 0.5) is 0 Å². The van der Waals surface area contributed by atoms with Gasteiger partial charge >= 0.3 is 0 Å². The van der Waals surface area contributed by atoms with Gasteiger partial charge in [-0.05, 0) is 5.21 Å². The van der Waals surface area contributed by atoms with E-state index in [9.17, 15) is 5.11 Å². The van der Waals surface area contributed by atoms with Crippen molar-refractivity contribution >= 4 is 21.9 Å². The summed E-state index contributed by atoms with van der Waals surface area (Å²) < 4.78 is 3.51. The van der Waals surface area contributed by atoms with Crippen molar-refractivity contribution in [2.45, 2.75) is 0 Å². The maximum absolute atomic E-state index is 10.7. The maximum atomic E-state index is 10.7. The highest BCUT2D eigenvalue weighted by Crippen LogP contribution is 2.14. The Morgan fingerprint density at radius 1 is 1.20 bits per heavy atom. The summed E-state index contributed by atoms with van der Waals surface area (Å²) in [5.74, 6) is -0.473. The van der Waals surface area contributed by atoms with E-state index in [1.165, 1.54) is 0 Å². The average molecular weight is 154 g/mol. The van der Waals surface area contributed by atoms with Gasteiger partial charge in [-0.1, -0.05) is 4.49 Å². The Hall–Kier alpha value is -1.37. The SMILES string of the molecule is [O-]c1nnnc2snnc12. The molecule has 0 bridgehead atoms. The zero-order valence-electron chi connectivity index (χ0n) is 4.55. The van der Waals surface area contributed by atoms with Gasteiger partial charge in [0.25, 0.3) is 0 Å². The fourth-order valence-corrected chi connectivity index (χ4v) is 1.02. The van der Waals surface area contributed by atoms with Crippen molar-refractivity contribution in [2.75, 3.05) is 0 Å². The number of rotatable bonds is 0. The number of hydrogen-bond acceptors (Lipinski definition) is 7. The number of hydrogen-bond donors (Lipinski definition) is 0. The quantitative estimate of drug-likeness (QED) is 0.481. The van der Waals surface area contributed by atoms with Gasteiger partial charge in [0.05, 0.1) is 0 Å². The first-order valence-corrected chi connectivity index (χ1v) is 3.14. The molecule has 0 aliphatic heterocycles. The molecule has 2 heterocycles. The van der Waals surface area contributed by atoms with Gasteiger partial charge in [-0.25, -0.2) is 0 Å². The third-order valence-corrected chi connectivity index (χ3v) is 1.56. The fourth-order valence-electron chi connectivity index (χ4n) is 0.537. The molecular formula is C3N5OS-. The summed E-state index contributed by atoms with van der Waals surface area (Å²) in [6.07, 6.45) is 0. The number of aromatic nitrogens is 5. The molecule has 2 rings (SSSR count). The van der Waals surface area contributed by atoms with Gasteiger partial charge in [0.15, 0.2) is 4.83 Å². The first-order chi connectivity index (χ1) is 4.88. The molecule has 7 heteroatoms. The summed E-state index contributed by atoms with van der Waals surface area (Å²) in [6, 6.07) is 0. The summed E-state index contributed by atoms with van der Waals surface area (Å²) in [7, 11) is 0. The molecule has 0 aliphatic rings. The second kappa shape index (κ2) is 1.81. The van der Waals surface area contributed by atoms with Crippen molar-refractivity contribution in [3.8, 4) is 5.88 Å². The maximum Gasteiger partial charge on any atom is 0.189 e. The smallest absolute Gasteiger partial charge is 0.189 e. The molecule has 0 saturated carbocycles. The Morgan fingerprint density at radius 3 is 2.90 bits per heavy atom. The van der Waals surface area contributed by atoms with Crippen molar-refractivity contribution in [2.24, 2.45) is 0 Å². The summed E-state index contributed by atoms with van der Waals surface area (Å²) in [4.78, 5) is 0.431. The van der Waals surface area contributed by atoms with E-state index in [2.05, 4.69) is 25.0 Å². The second-order valence-electron chi connectivity index (χ2n) is 1.52. The van der Waals surface area contributed by atoms with Gasteiger partial charge in [-0.2, -0.15) is 0 Å². The molecule has 0 fully saturated rings. The van der Waals surface area contributed by atoms with Crippen molar-refractivity contribution < 1.29 is 5.11 Å². The Morgan fingerprint density at radius 2 is 2.10 bits per heavy atom. The first kappa shape index (κ1) is 5.42. The van der Waals surface area contributed by atoms with Crippen LogP contribution in [-0.4, -0.2) is 25.0 Å². The van der Waals surface area contributed by atoms with E-state index in [0.29, 0.717) is 4.83 Å². The molecule has 0 aromatic carbocycles. The van der Waals surface area contributed by atoms with Crippen LogP contribution in [0.15, 0.2) is 0 Å². The molecule has 6 nitrogen and oxygen atoms in total. The van der Waals surface area contributed by atoms with Crippen LogP contribution in [0.25, 0.3) is 10.3 Å². The molecule has 0 amide bonds. The van der Waals surface area contributed by atoms with Crippen LogP contribution in [0, 0.1) is 0 Å². The molecule has 2 aromatic rings. The van der Waals surface area contributed by atoms with Gasteiger partial charge in [0.2, 0.25) is 0 Å². The zero-order chi connectivity index (χ0) is 6.97. The molecule has 10 heavy (non-hydrogen) atoms. The lowest BCUT2D eigenvalue weighted by atomic mass is 10.6. The summed E-state index contributed by atoms with van der Waals surface area (Å²) >= 11 is 1.03. The van der Waals surface area contributed by atoms with Crippen molar-refractivity contribution in [3.05, 3.63) is 0 Å². The molecule has 0 saturated heterocycles. The Balaban J connectivity index is 2.95. The fraction of sp³-hybridized carbons (Fsp3) is 0. The van der Waals surface area contributed by atoms with Gasteiger partial charge in [0, 0.05) is 17.4 Å². The van der Waals surface area contributed by atoms with E-state index in [4.69, 9.17) is 0 Å². The number of fused-ring (bicyclic) bond motifs is 1. The molecule has 0 aliphatic carbocycles. The number of nitrogens with zero attached hydrogens (tertiary/aromatic N) is 5. The third-order valence-electron chi connectivity index (χ3n) is 0.944.